The van der Waals surface area contributed by atoms with Gasteiger partial charge in [-0.15, -0.1) is 0 Å². The summed E-state index contributed by atoms with van der Waals surface area (Å²) < 4.78 is 0. The highest BCUT2D eigenvalue weighted by Gasteiger charge is 2.32. The van der Waals surface area contributed by atoms with E-state index in [9.17, 15) is 9.59 Å². The summed E-state index contributed by atoms with van der Waals surface area (Å²) in [5.74, 6) is 0.413. The monoisotopic (exact) mass is 330 g/mol. The minimum atomic E-state index is -0.00606. The Labute approximate surface area is 143 Å². The molecule has 0 radical (unpaired) electrons. The molecule has 1 unspecified atom stereocenters. The number of hydrogen-bond acceptors (Lipinski definition) is 4. The third kappa shape index (κ3) is 3.42. The Bertz CT molecular complexity index is 617. The molecule has 3 heterocycles. The van der Waals surface area contributed by atoms with Crippen LogP contribution < -0.4 is 0 Å². The smallest absolute Gasteiger partial charge is 0.257 e. The molecule has 2 aliphatic heterocycles. The van der Waals surface area contributed by atoms with Crippen LogP contribution in [0.25, 0.3) is 0 Å². The molecule has 1 aromatic heterocycles. The minimum Gasteiger partial charge on any atom is -0.338 e. The van der Waals surface area contributed by atoms with Gasteiger partial charge in [-0.1, -0.05) is 13.8 Å². The summed E-state index contributed by atoms with van der Waals surface area (Å²) in [6.07, 6.45) is 7.75. The highest BCUT2D eigenvalue weighted by Crippen LogP contribution is 2.24. The third-order valence-electron chi connectivity index (χ3n) is 5.00. The number of piperidine rings is 2. The lowest BCUT2D eigenvalue weighted by molar-refractivity contribution is -0.136. The van der Waals surface area contributed by atoms with Gasteiger partial charge in [-0.3, -0.25) is 9.59 Å². The number of aromatic nitrogens is 2. The molecule has 2 aliphatic rings. The van der Waals surface area contributed by atoms with Gasteiger partial charge in [0.15, 0.2) is 0 Å². The maximum atomic E-state index is 13.0. The molecule has 0 aliphatic carbocycles. The molecule has 2 amide bonds. The van der Waals surface area contributed by atoms with Crippen molar-refractivity contribution in [2.75, 3.05) is 19.6 Å². The molecule has 2 saturated heterocycles. The first-order valence-corrected chi connectivity index (χ1v) is 8.96. The summed E-state index contributed by atoms with van der Waals surface area (Å²) in [4.78, 5) is 37.4. The Balaban J connectivity index is 1.75. The Kier molecular flexibility index (Phi) is 5.11. The molecule has 1 aromatic rings. The normalized spacial score (nSPS) is 22.1. The molecule has 2 fully saturated rings. The van der Waals surface area contributed by atoms with Gasteiger partial charge in [-0.05, 0) is 31.6 Å². The van der Waals surface area contributed by atoms with Crippen molar-refractivity contribution < 1.29 is 9.59 Å². The van der Waals surface area contributed by atoms with E-state index in [1.165, 1.54) is 6.33 Å². The van der Waals surface area contributed by atoms with E-state index in [-0.39, 0.29) is 23.8 Å². The van der Waals surface area contributed by atoms with E-state index in [0.717, 1.165) is 44.5 Å². The molecule has 0 saturated carbocycles. The van der Waals surface area contributed by atoms with Crippen molar-refractivity contribution in [3.63, 3.8) is 0 Å². The molecule has 3 rings (SSSR count). The number of likely N-dealkylation sites (tertiary alicyclic amines) is 2. The molecule has 6 nitrogen and oxygen atoms in total. The topological polar surface area (TPSA) is 66.4 Å². The van der Waals surface area contributed by atoms with Crippen LogP contribution in [0, 0.1) is 0 Å². The number of rotatable bonds is 3. The zero-order valence-corrected chi connectivity index (χ0v) is 14.6. The van der Waals surface area contributed by atoms with Gasteiger partial charge in [-0.25, -0.2) is 9.97 Å². The summed E-state index contributed by atoms with van der Waals surface area (Å²) in [6.45, 7) is 6.26. The van der Waals surface area contributed by atoms with Crippen LogP contribution in [0.1, 0.15) is 67.9 Å². The Morgan fingerprint density at radius 1 is 1.25 bits per heavy atom. The molecule has 1 atom stereocenters. The molecule has 24 heavy (non-hydrogen) atoms. The highest BCUT2D eigenvalue weighted by molar-refractivity contribution is 5.95. The van der Waals surface area contributed by atoms with Crippen molar-refractivity contribution in [3.05, 3.63) is 23.8 Å². The fourth-order valence-corrected chi connectivity index (χ4v) is 3.74. The largest absolute Gasteiger partial charge is 0.338 e. The quantitative estimate of drug-likeness (QED) is 0.852. The number of amides is 2. The number of nitrogens with zero attached hydrogens (tertiary/aromatic N) is 4. The summed E-state index contributed by atoms with van der Waals surface area (Å²) in [5, 5.41) is 0. The lowest BCUT2D eigenvalue weighted by atomic mass is 9.98. The number of carbonyl (C=O) groups excluding carboxylic acids is 2. The van der Waals surface area contributed by atoms with Crippen LogP contribution in [0.15, 0.2) is 12.5 Å². The van der Waals surface area contributed by atoms with Crippen LogP contribution in [0.3, 0.4) is 0 Å². The van der Waals surface area contributed by atoms with Crippen molar-refractivity contribution in [2.45, 2.75) is 57.9 Å². The Morgan fingerprint density at radius 3 is 2.83 bits per heavy atom. The van der Waals surface area contributed by atoms with Crippen molar-refractivity contribution in [2.24, 2.45) is 0 Å². The lowest BCUT2D eigenvalue weighted by Gasteiger charge is -2.41. The lowest BCUT2D eigenvalue weighted by Crippen LogP contribution is -2.53. The van der Waals surface area contributed by atoms with Crippen molar-refractivity contribution in [1.82, 2.24) is 19.8 Å². The molecule has 0 aromatic carbocycles. The van der Waals surface area contributed by atoms with Crippen LogP contribution in [-0.2, 0) is 4.79 Å². The van der Waals surface area contributed by atoms with E-state index < -0.39 is 0 Å². The van der Waals surface area contributed by atoms with E-state index >= 15 is 0 Å². The summed E-state index contributed by atoms with van der Waals surface area (Å²) in [6, 6.07) is 0.155. The molecular weight excluding hydrogens is 304 g/mol. The van der Waals surface area contributed by atoms with Crippen molar-refractivity contribution >= 4 is 11.8 Å². The van der Waals surface area contributed by atoms with Crippen molar-refractivity contribution in [3.8, 4) is 0 Å². The maximum Gasteiger partial charge on any atom is 0.257 e. The van der Waals surface area contributed by atoms with Gasteiger partial charge in [0.1, 0.15) is 6.33 Å². The molecule has 0 spiro atoms. The molecule has 6 heteroatoms. The average Bonchev–Trinajstić information content (AvgIpc) is 2.61. The van der Waals surface area contributed by atoms with Crippen LogP contribution in [-0.4, -0.2) is 57.3 Å². The Morgan fingerprint density at radius 2 is 2.08 bits per heavy atom. The SMILES string of the molecule is CC(C)c1ncncc1C(=O)N1CCCC(N2CCCCC2=O)C1. The first-order valence-electron chi connectivity index (χ1n) is 8.96. The number of hydrogen-bond donors (Lipinski definition) is 0. The maximum absolute atomic E-state index is 13.0. The van der Waals surface area contributed by atoms with E-state index in [1.807, 2.05) is 23.6 Å². The second-order valence-corrected chi connectivity index (χ2v) is 7.07. The van der Waals surface area contributed by atoms with Crippen molar-refractivity contribution in [1.29, 1.82) is 0 Å². The van der Waals surface area contributed by atoms with E-state index in [4.69, 9.17) is 0 Å². The zero-order valence-electron chi connectivity index (χ0n) is 14.6. The van der Waals surface area contributed by atoms with Gasteiger partial charge in [0.2, 0.25) is 5.91 Å². The van der Waals surface area contributed by atoms with Gasteiger partial charge >= 0.3 is 0 Å². The predicted molar refractivity (Wildman–Crippen MR) is 90.6 cm³/mol. The van der Waals surface area contributed by atoms with Crippen LogP contribution in [0.2, 0.25) is 0 Å². The van der Waals surface area contributed by atoms with Crippen LogP contribution in [0.4, 0.5) is 0 Å². The van der Waals surface area contributed by atoms with Gasteiger partial charge in [-0.2, -0.15) is 0 Å². The molecular formula is C18H26N4O2. The average molecular weight is 330 g/mol. The number of carbonyl (C=O) groups is 2. The zero-order chi connectivity index (χ0) is 17.1. The first-order chi connectivity index (χ1) is 11.6. The standard InChI is InChI=1S/C18H26N4O2/c1-13(2)17-15(10-19-12-20-17)18(24)21-8-5-6-14(11-21)22-9-4-3-7-16(22)23/h10,12-14H,3-9,11H2,1-2H3. The highest BCUT2D eigenvalue weighted by atomic mass is 16.2. The van der Waals surface area contributed by atoms with Gasteiger partial charge in [0.25, 0.3) is 5.91 Å². The first kappa shape index (κ1) is 16.9. The summed E-state index contributed by atoms with van der Waals surface area (Å²) in [7, 11) is 0. The predicted octanol–water partition coefficient (Wildman–Crippen LogP) is 2.22. The second kappa shape index (κ2) is 7.28. The van der Waals surface area contributed by atoms with Gasteiger partial charge < -0.3 is 9.80 Å². The Hall–Kier alpha value is -1.98. The fraction of sp³-hybridized carbons (Fsp3) is 0.667. The van der Waals surface area contributed by atoms with Gasteiger partial charge in [0.05, 0.1) is 11.3 Å². The van der Waals surface area contributed by atoms with Crippen LogP contribution >= 0.6 is 0 Å². The molecule has 0 N–H and O–H groups in total. The molecule has 130 valence electrons. The summed E-state index contributed by atoms with van der Waals surface area (Å²) in [5.41, 5.74) is 1.39. The second-order valence-electron chi connectivity index (χ2n) is 7.07. The van der Waals surface area contributed by atoms with E-state index in [0.29, 0.717) is 18.5 Å². The van der Waals surface area contributed by atoms with Gasteiger partial charge in [0, 0.05) is 38.3 Å². The fourth-order valence-electron chi connectivity index (χ4n) is 3.74. The minimum absolute atomic E-state index is 0.00606. The third-order valence-corrected chi connectivity index (χ3v) is 5.00. The van der Waals surface area contributed by atoms with E-state index in [2.05, 4.69) is 9.97 Å². The molecule has 0 bridgehead atoms. The summed E-state index contributed by atoms with van der Waals surface area (Å²) >= 11 is 0. The van der Waals surface area contributed by atoms with E-state index in [1.54, 1.807) is 6.20 Å². The van der Waals surface area contributed by atoms with Crippen LogP contribution in [0.5, 0.6) is 0 Å².